The maximum absolute atomic E-state index is 12.6. The van der Waals surface area contributed by atoms with Gasteiger partial charge in [0.15, 0.2) is 5.76 Å². The number of carbonyl (C=O) groups excluding carboxylic acids is 1. The molecule has 1 aromatic heterocycles. The van der Waals surface area contributed by atoms with E-state index in [9.17, 15) is 9.90 Å². The summed E-state index contributed by atoms with van der Waals surface area (Å²) >= 11 is 6.52. The Morgan fingerprint density at radius 3 is 2.67 bits per heavy atom. The van der Waals surface area contributed by atoms with Crippen LogP contribution in [-0.2, 0) is 9.53 Å². The number of hydrogen-bond acceptors (Lipinski definition) is 5. The van der Waals surface area contributed by atoms with Crippen LogP contribution in [0.1, 0.15) is 41.5 Å². The number of nitrogens with zero attached hydrogens (tertiary/aromatic N) is 1. The summed E-state index contributed by atoms with van der Waals surface area (Å²) in [5.41, 5.74) is 4.68. The molecule has 7 heteroatoms. The summed E-state index contributed by atoms with van der Waals surface area (Å²) < 4.78 is 10.9. The number of anilines is 1. The van der Waals surface area contributed by atoms with Gasteiger partial charge in [0.05, 0.1) is 28.1 Å². The van der Waals surface area contributed by atoms with Gasteiger partial charge in [-0.05, 0) is 43.0 Å². The van der Waals surface area contributed by atoms with Crippen LogP contribution in [0.15, 0.2) is 47.0 Å². The SMILES string of the molecule is Cc1cc(/C(O)=C2\C(=O)Nc3cc(Cl)c(-c4ccc(C5CCCO5)cc4)cc32)on1. The van der Waals surface area contributed by atoms with E-state index in [1.54, 1.807) is 19.1 Å². The first kappa shape index (κ1) is 18.9. The van der Waals surface area contributed by atoms with Crippen molar-refractivity contribution in [3.05, 3.63) is 70.1 Å². The van der Waals surface area contributed by atoms with Gasteiger partial charge in [0.2, 0.25) is 5.76 Å². The molecule has 0 aliphatic carbocycles. The average Bonchev–Trinajstić information content (AvgIpc) is 3.47. The number of halogens is 1. The largest absolute Gasteiger partial charge is 0.504 e. The summed E-state index contributed by atoms with van der Waals surface area (Å²) in [6.45, 7) is 2.54. The highest BCUT2D eigenvalue weighted by molar-refractivity contribution is 6.38. The van der Waals surface area contributed by atoms with Gasteiger partial charge in [-0.25, -0.2) is 0 Å². The van der Waals surface area contributed by atoms with Crippen LogP contribution in [0.5, 0.6) is 0 Å². The van der Waals surface area contributed by atoms with Crippen LogP contribution in [0.4, 0.5) is 5.69 Å². The molecule has 0 spiro atoms. The van der Waals surface area contributed by atoms with Crippen LogP contribution in [0.2, 0.25) is 5.02 Å². The van der Waals surface area contributed by atoms with Gasteiger partial charge in [-0.1, -0.05) is 41.0 Å². The number of aromatic nitrogens is 1. The quantitative estimate of drug-likeness (QED) is 0.428. The van der Waals surface area contributed by atoms with Crippen molar-refractivity contribution in [1.29, 1.82) is 0 Å². The van der Waals surface area contributed by atoms with E-state index in [1.165, 1.54) is 0 Å². The number of amides is 1. The zero-order valence-corrected chi connectivity index (χ0v) is 17.0. The number of aliphatic hydroxyl groups excluding tert-OH is 1. The minimum absolute atomic E-state index is 0.134. The molecule has 30 heavy (non-hydrogen) atoms. The van der Waals surface area contributed by atoms with Gasteiger partial charge >= 0.3 is 0 Å². The van der Waals surface area contributed by atoms with Crippen molar-refractivity contribution >= 4 is 34.5 Å². The summed E-state index contributed by atoms with van der Waals surface area (Å²) in [7, 11) is 0. The van der Waals surface area contributed by atoms with E-state index in [4.69, 9.17) is 20.9 Å². The fourth-order valence-electron chi connectivity index (χ4n) is 3.96. The second kappa shape index (κ2) is 7.31. The number of hydrogen-bond donors (Lipinski definition) is 2. The van der Waals surface area contributed by atoms with Gasteiger partial charge in [0, 0.05) is 23.8 Å². The average molecular weight is 423 g/mol. The standard InChI is InChI=1S/C23H19ClN2O4/c1-12-9-20(30-26-12)22(27)21-16-10-15(17(24)11-18(16)25-23(21)28)13-4-6-14(7-5-13)19-3-2-8-29-19/h4-7,9-11,19,27H,2-3,8H2,1H3,(H,25,28)/b22-21+. The third kappa shape index (κ3) is 3.18. The molecule has 1 atom stereocenters. The third-order valence-electron chi connectivity index (χ3n) is 5.47. The molecule has 1 amide bonds. The molecule has 3 heterocycles. The van der Waals surface area contributed by atoms with E-state index >= 15 is 0 Å². The molecule has 1 saturated heterocycles. The summed E-state index contributed by atoms with van der Waals surface area (Å²) in [5.74, 6) is -0.532. The molecule has 2 aliphatic heterocycles. The Labute approximate surface area is 178 Å². The van der Waals surface area contributed by atoms with E-state index in [1.807, 2.05) is 30.3 Å². The molecule has 1 fully saturated rings. The van der Waals surface area contributed by atoms with Crippen molar-refractivity contribution in [2.24, 2.45) is 0 Å². The van der Waals surface area contributed by atoms with Gasteiger partial charge in [0.25, 0.3) is 5.91 Å². The van der Waals surface area contributed by atoms with Gasteiger partial charge in [-0.3, -0.25) is 4.79 Å². The number of ether oxygens (including phenoxy) is 1. The zero-order valence-electron chi connectivity index (χ0n) is 16.2. The highest BCUT2D eigenvalue weighted by Gasteiger charge is 2.31. The predicted molar refractivity (Wildman–Crippen MR) is 114 cm³/mol. The summed E-state index contributed by atoms with van der Waals surface area (Å²) in [5, 5.41) is 17.7. The van der Waals surface area contributed by atoms with E-state index in [0.717, 1.165) is 36.1 Å². The second-order valence-electron chi connectivity index (χ2n) is 7.51. The fraction of sp³-hybridized carbons (Fsp3) is 0.217. The number of carbonyl (C=O) groups is 1. The van der Waals surface area contributed by atoms with Crippen LogP contribution < -0.4 is 5.32 Å². The molecule has 0 saturated carbocycles. The molecule has 5 rings (SSSR count). The highest BCUT2D eigenvalue weighted by atomic mass is 35.5. The molecule has 2 N–H and O–H groups in total. The Morgan fingerprint density at radius 2 is 2.00 bits per heavy atom. The number of nitrogens with one attached hydrogen (secondary N) is 1. The Balaban J connectivity index is 1.57. The van der Waals surface area contributed by atoms with Crippen LogP contribution >= 0.6 is 11.6 Å². The number of aryl methyl sites for hydroxylation is 1. The lowest BCUT2D eigenvalue weighted by Crippen LogP contribution is -2.05. The third-order valence-corrected chi connectivity index (χ3v) is 5.79. The smallest absolute Gasteiger partial charge is 0.260 e. The maximum atomic E-state index is 12.6. The van der Waals surface area contributed by atoms with Crippen molar-refractivity contribution in [3.63, 3.8) is 0 Å². The van der Waals surface area contributed by atoms with Crippen LogP contribution in [0, 0.1) is 6.92 Å². The van der Waals surface area contributed by atoms with Gasteiger partial charge in [-0.15, -0.1) is 0 Å². The van der Waals surface area contributed by atoms with E-state index in [0.29, 0.717) is 22.0 Å². The summed E-state index contributed by atoms with van der Waals surface area (Å²) in [6.07, 6.45) is 2.25. The minimum atomic E-state index is -0.418. The molecular weight excluding hydrogens is 404 g/mol. The lowest BCUT2D eigenvalue weighted by Gasteiger charge is -2.12. The molecule has 0 radical (unpaired) electrons. The van der Waals surface area contributed by atoms with Gasteiger partial charge in [0.1, 0.15) is 0 Å². The molecule has 1 unspecified atom stereocenters. The molecule has 2 aromatic carbocycles. The predicted octanol–water partition coefficient (Wildman–Crippen LogP) is 5.53. The minimum Gasteiger partial charge on any atom is -0.504 e. The van der Waals surface area contributed by atoms with Crippen molar-refractivity contribution in [2.45, 2.75) is 25.9 Å². The lowest BCUT2D eigenvalue weighted by atomic mass is 9.96. The first-order valence-electron chi connectivity index (χ1n) is 9.75. The van der Waals surface area contributed by atoms with Crippen molar-refractivity contribution in [3.8, 4) is 11.1 Å². The lowest BCUT2D eigenvalue weighted by molar-refractivity contribution is -0.110. The monoisotopic (exact) mass is 422 g/mol. The topological polar surface area (TPSA) is 84.6 Å². The molecule has 2 aliphatic rings. The molecule has 3 aromatic rings. The number of benzene rings is 2. The van der Waals surface area contributed by atoms with Crippen molar-refractivity contribution < 1.29 is 19.2 Å². The normalized spacial score (nSPS) is 19.7. The summed E-state index contributed by atoms with van der Waals surface area (Å²) in [4.78, 5) is 12.6. The van der Waals surface area contributed by atoms with Crippen molar-refractivity contribution in [2.75, 3.05) is 11.9 Å². The first-order valence-corrected chi connectivity index (χ1v) is 10.1. The van der Waals surface area contributed by atoms with E-state index < -0.39 is 5.91 Å². The van der Waals surface area contributed by atoms with E-state index in [2.05, 4.69) is 10.5 Å². The molecule has 6 nitrogen and oxygen atoms in total. The molecule has 152 valence electrons. The van der Waals surface area contributed by atoms with Crippen LogP contribution in [-0.4, -0.2) is 22.8 Å². The highest BCUT2D eigenvalue weighted by Crippen LogP contribution is 2.42. The first-order chi connectivity index (χ1) is 14.5. The molecular formula is C23H19ClN2O4. The Bertz CT molecular complexity index is 1170. The Kier molecular flexibility index (Phi) is 4.60. The van der Waals surface area contributed by atoms with Gasteiger partial charge in [-0.2, -0.15) is 0 Å². The van der Waals surface area contributed by atoms with E-state index in [-0.39, 0.29) is 23.2 Å². The van der Waals surface area contributed by atoms with Gasteiger partial charge < -0.3 is 19.7 Å². The Morgan fingerprint density at radius 1 is 1.20 bits per heavy atom. The second-order valence-corrected chi connectivity index (χ2v) is 7.92. The number of rotatable bonds is 3. The Hall–Kier alpha value is -3.09. The van der Waals surface area contributed by atoms with Crippen LogP contribution in [0.25, 0.3) is 22.5 Å². The van der Waals surface area contributed by atoms with Crippen molar-refractivity contribution in [1.82, 2.24) is 5.16 Å². The number of fused-ring (bicyclic) bond motifs is 1. The zero-order chi connectivity index (χ0) is 20.8. The van der Waals surface area contributed by atoms with Crippen LogP contribution in [0.3, 0.4) is 0 Å². The fourth-order valence-corrected chi connectivity index (χ4v) is 4.24. The number of aliphatic hydroxyl groups is 1. The summed E-state index contributed by atoms with van der Waals surface area (Å²) in [6, 6.07) is 13.2. The molecule has 0 bridgehead atoms. The maximum Gasteiger partial charge on any atom is 0.260 e.